The van der Waals surface area contributed by atoms with Gasteiger partial charge in [0, 0.05) is 12.2 Å². The fraction of sp³-hybridized carbons (Fsp3) is 0.267. The molecular weight excluding hydrogens is 310 g/mol. The minimum atomic E-state index is -0.138. The molecule has 0 radical (unpaired) electrons. The second-order valence-electron chi connectivity index (χ2n) is 5.01. The second-order valence-corrected chi connectivity index (χ2v) is 5.01. The molecule has 2 heterocycles. The number of nitrogens with one attached hydrogen (secondary N) is 1. The van der Waals surface area contributed by atoms with Crippen molar-refractivity contribution in [1.82, 2.24) is 25.3 Å². The lowest BCUT2D eigenvalue weighted by molar-refractivity contribution is -0.115. The Kier molecular flexibility index (Phi) is 4.50. The molecule has 1 N–H and O–H groups in total. The molecule has 0 atom stereocenters. The number of benzene rings is 1. The van der Waals surface area contributed by atoms with E-state index in [2.05, 4.69) is 25.9 Å². The zero-order valence-corrected chi connectivity index (χ0v) is 13.4. The topological polar surface area (TPSA) is 97.5 Å². The Balaban J connectivity index is 1.68. The number of aromatic nitrogens is 5. The number of hydrogen-bond donors (Lipinski definition) is 1. The van der Waals surface area contributed by atoms with Crippen molar-refractivity contribution in [2.24, 2.45) is 0 Å². The van der Waals surface area contributed by atoms with E-state index >= 15 is 0 Å². The van der Waals surface area contributed by atoms with Crippen molar-refractivity contribution in [2.45, 2.75) is 6.92 Å². The molecule has 3 aromatic rings. The van der Waals surface area contributed by atoms with Crippen LogP contribution in [0, 0.1) is 0 Å². The molecule has 1 aromatic carbocycles. The summed E-state index contributed by atoms with van der Waals surface area (Å²) in [5.74, 6) is 1.23. The predicted molar refractivity (Wildman–Crippen MR) is 88.1 cm³/mol. The molecule has 124 valence electrons. The van der Waals surface area contributed by atoms with Crippen molar-refractivity contribution >= 4 is 23.1 Å². The number of ether oxygens (including phenoxy) is 1. The highest BCUT2D eigenvalue weighted by Gasteiger charge is 2.13. The predicted octanol–water partition coefficient (Wildman–Crippen LogP) is 0.993. The van der Waals surface area contributed by atoms with Crippen LogP contribution in [0.25, 0.3) is 5.65 Å². The van der Waals surface area contributed by atoms with Crippen LogP contribution in [-0.4, -0.2) is 51.4 Å². The molecule has 0 fully saturated rings. The second kappa shape index (κ2) is 6.90. The Hall–Kier alpha value is -3.23. The van der Waals surface area contributed by atoms with Gasteiger partial charge in [0.1, 0.15) is 5.75 Å². The molecule has 0 saturated carbocycles. The smallest absolute Gasteiger partial charge is 0.243 e. The Morgan fingerprint density at radius 2 is 2.04 bits per heavy atom. The number of fused-ring (bicyclic) bond motifs is 1. The molecule has 0 bridgehead atoms. The van der Waals surface area contributed by atoms with Crippen LogP contribution in [0.5, 0.6) is 5.75 Å². The van der Waals surface area contributed by atoms with Gasteiger partial charge in [-0.1, -0.05) is 0 Å². The Morgan fingerprint density at radius 1 is 1.25 bits per heavy atom. The van der Waals surface area contributed by atoms with E-state index in [1.165, 1.54) is 4.63 Å². The Labute approximate surface area is 138 Å². The van der Waals surface area contributed by atoms with Gasteiger partial charge in [-0.15, -0.1) is 14.8 Å². The van der Waals surface area contributed by atoms with Gasteiger partial charge in [-0.2, -0.15) is 0 Å². The highest BCUT2D eigenvalue weighted by atomic mass is 16.5. The van der Waals surface area contributed by atoms with Gasteiger partial charge in [-0.3, -0.25) is 4.79 Å². The summed E-state index contributed by atoms with van der Waals surface area (Å²) in [6.45, 7) is 2.74. The van der Waals surface area contributed by atoms with E-state index in [0.717, 1.165) is 5.75 Å². The van der Waals surface area contributed by atoms with Crippen LogP contribution in [-0.2, 0) is 4.79 Å². The van der Waals surface area contributed by atoms with Gasteiger partial charge in [0.2, 0.25) is 5.91 Å². The van der Waals surface area contributed by atoms with E-state index in [0.29, 0.717) is 23.7 Å². The van der Waals surface area contributed by atoms with Crippen molar-refractivity contribution in [1.29, 1.82) is 0 Å². The molecule has 0 aliphatic heterocycles. The van der Waals surface area contributed by atoms with E-state index in [-0.39, 0.29) is 12.5 Å². The number of hydrogen-bond acceptors (Lipinski definition) is 7. The quantitative estimate of drug-likeness (QED) is 0.721. The maximum atomic E-state index is 12.3. The van der Waals surface area contributed by atoms with Gasteiger partial charge >= 0.3 is 0 Å². The monoisotopic (exact) mass is 327 g/mol. The lowest BCUT2D eigenvalue weighted by atomic mass is 10.3. The Bertz CT molecular complexity index is 831. The van der Waals surface area contributed by atoms with E-state index in [1.54, 1.807) is 43.5 Å². The molecular formula is C15H17N7O2. The number of anilines is 2. The van der Waals surface area contributed by atoms with Gasteiger partial charge in [0.05, 0.1) is 13.7 Å². The van der Waals surface area contributed by atoms with Crippen molar-refractivity contribution < 1.29 is 9.53 Å². The summed E-state index contributed by atoms with van der Waals surface area (Å²) in [7, 11) is 1.60. The molecule has 0 aliphatic rings. The first kappa shape index (κ1) is 15.7. The fourth-order valence-electron chi connectivity index (χ4n) is 2.21. The van der Waals surface area contributed by atoms with Gasteiger partial charge < -0.3 is 15.0 Å². The zero-order valence-electron chi connectivity index (χ0n) is 13.4. The number of rotatable bonds is 6. The number of tetrazole rings is 1. The maximum Gasteiger partial charge on any atom is 0.243 e. The van der Waals surface area contributed by atoms with Crippen LogP contribution < -0.4 is 15.0 Å². The van der Waals surface area contributed by atoms with Crippen molar-refractivity contribution in [3.63, 3.8) is 0 Å². The first-order chi connectivity index (χ1) is 11.7. The largest absolute Gasteiger partial charge is 0.497 e. The van der Waals surface area contributed by atoms with Crippen LogP contribution in [0.4, 0.5) is 11.5 Å². The van der Waals surface area contributed by atoms with Crippen LogP contribution in [0.2, 0.25) is 0 Å². The van der Waals surface area contributed by atoms with Crippen LogP contribution in [0.15, 0.2) is 36.4 Å². The third-order valence-electron chi connectivity index (χ3n) is 3.47. The average molecular weight is 327 g/mol. The molecule has 0 aliphatic carbocycles. The first-order valence-corrected chi connectivity index (χ1v) is 7.44. The number of carbonyl (C=O) groups excluding carboxylic acids is 1. The Morgan fingerprint density at radius 3 is 2.75 bits per heavy atom. The standard InChI is InChI=1S/C15H17N7O2/c1-3-21(14-9-8-13-17-19-20-22(13)18-14)10-15(23)16-11-4-6-12(24-2)7-5-11/h4-9H,3,10H2,1-2H3,(H,16,23). The third-order valence-corrected chi connectivity index (χ3v) is 3.47. The highest BCUT2D eigenvalue weighted by molar-refractivity contribution is 5.94. The molecule has 2 aromatic heterocycles. The lowest BCUT2D eigenvalue weighted by Crippen LogP contribution is -2.34. The highest BCUT2D eigenvalue weighted by Crippen LogP contribution is 2.15. The summed E-state index contributed by atoms with van der Waals surface area (Å²) < 4.78 is 6.43. The average Bonchev–Trinajstić information content (AvgIpc) is 3.08. The summed E-state index contributed by atoms with van der Waals surface area (Å²) in [5.41, 5.74) is 1.26. The summed E-state index contributed by atoms with van der Waals surface area (Å²) >= 11 is 0. The summed E-state index contributed by atoms with van der Waals surface area (Å²) in [5, 5.41) is 18.3. The van der Waals surface area contributed by atoms with Crippen molar-refractivity contribution in [2.75, 3.05) is 30.4 Å². The summed E-state index contributed by atoms with van der Waals surface area (Å²) in [6.07, 6.45) is 0. The minimum Gasteiger partial charge on any atom is -0.497 e. The number of amides is 1. The van der Waals surface area contributed by atoms with E-state index in [9.17, 15) is 4.79 Å². The summed E-state index contributed by atoms with van der Waals surface area (Å²) in [6, 6.07) is 10.7. The van der Waals surface area contributed by atoms with Gasteiger partial charge in [0.15, 0.2) is 11.5 Å². The van der Waals surface area contributed by atoms with Gasteiger partial charge in [-0.25, -0.2) is 0 Å². The maximum absolute atomic E-state index is 12.3. The van der Waals surface area contributed by atoms with Crippen LogP contribution in [0.3, 0.4) is 0 Å². The van der Waals surface area contributed by atoms with Crippen LogP contribution in [0.1, 0.15) is 6.92 Å². The van der Waals surface area contributed by atoms with Crippen molar-refractivity contribution in [3.8, 4) is 5.75 Å². The molecule has 0 unspecified atom stereocenters. The number of carbonyl (C=O) groups is 1. The lowest BCUT2D eigenvalue weighted by Gasteiger charge is -2.20. The molecule has 9 nitrogen and oxygen atoms in total. The van der Waals surface area contributed by atoms with Crippen molar-refractivity contribution in [3.05, 3.63) is 36.4 Å². The number of likely N-dealkylation sites (N-methyl/N-ethyl adjacent to an activating group) is 1. The fourth-order valence-corrected chi connectivity index (χ4v) is 2.21. The normalized spacial score (nSPS) is 10.6. The third kappa shape index (κ3) is 3.40. The molecule has 0 spiro atoms. The molecule has 24 heavy (non-hydrogen) atoms. The molecule has 1 amide bonds. The van der Waals surface area contributed by atoms with Gasteiger partial charge in [0.25, 0.3) is 0 Å². The van der Waals surface area contributed by atoms with Gasteiger partial charge in [-0.05, 0) is 53.7 Å². The van der Waals surface area contributed by atoms with E-state index in [1.807, 2.05) is 11.8 Å². The first-order valence-electron chi connectivity index (χ1n) is 7.44. The minimum absolute atomic E-state index is 0.138. The van der Waals surface area contributed by atoms with E-state index < -0.39 is 0 Å². The van der Waals surface area contributed by atoms with Crippen LogP contribution >= 0.6 is 0 Å². The molecule has 3 rings (SSSR count). The zero-order chi connectivity index (χ0) is 16.9. The molecule has 9 heteroatoms. The molecule has 0 saturated heterocycles. The number of methoxy groups -OCH3 is 1. The SMILES string of the molecule is CCN(CC(=O)Nc1ccc(OC)cc1)c1ccc2nnnn2n1. The number of nitrogens with zero attached hydrogens (tertiary/aromatic N) is 6. The van der Waals surface area contributed by atoms with E-state index in [4.69, 9.17) is 4.74 Å². The summed E-state index contributed by atoms with van der Waals surface area (Å²) in [4.78, 5) is 14.1.